The van der Waals surface area contributed by atoms with Crippen LogP contribution in [-0.4, -0.2) is 15.9 Å². The highest BCUT2D eigenvalue weighted by Gasteiger charge is 2.17. The van der Waals surface area contributed by atoms with E-state index in [1.807, 2.05) is 11.4 Å². The molecule has 0 fully saturated rings. The van der Waals surface area contributed by atoms with Gasteiger partial charge in [-0.3, -0.25) is 9.78 Å². The number of carbonyl (C=O) groups is 1. The molecule has 0 radical (unpaired) electrons. The van der Waals surface area contributed by atoms with Gasteiger partial charge in [0.1, 0.15) is 22.2 Å². The molecule has 138 valence electrons. The van der Waals surface area contributed by atoms with Crippen LogP contribution in [0.1, 0.15) is 10.4 Å². The summed E-state index contributed by atoms with van der Waals surface area (Å²) >= 11 is 1.53. The summed E-state index contributed by atoms with van der Waals surface area (Å²) in [5.74, 6) is -2.65. The standard InChI is InChI=1S/C21H13F2N3OS/c22-17-2-1-3-18(23)19(17)20(27)26-14-6-4-13(5-7-14)16-12-24-9-8-15(16)21-25-10-11-28-21/h1-12H,(H,26,27). The average Bonchev–Trinajstić information content (AvgIpc) is 3.23. The molecule has 4 aromatic rings. The second-order valence-electron chi connectivity index (χ2n) is 5.89. The van der Waals surface area contributed by atoms with Crippen molar-refractivity contribution < 1.29 is 13.6 Å². The van der Waals surface area contributed by atoms with Crippen molar-refractivity contribution in [3.8, 4) is 21.7 Å². The maximum atomic E-state index is 13.8. The van der Waals surface area contributed by atoms with E-state index in [9.17, 15) is 13.6 Å². The van der Waals surface area contributed by atoms with E-state index in [1.54, 1.807) is 42.9 Å². The topological polar surface area (TPSA) is 54.9 Å². The Hall–Kier alpha value is -3.45. The first-order chi connectivity index (χ1) is 13.6. The molecular formula is C21H13F2N3OS. The normalized spacial score (nSPS) is 10.6. The fourth-order valence-corrected chi connectivity index (χ4v) is 3.49. The molecule has 2 heterocycles. The van der Waals surface area contributed by atoms with Crippen LogP contribution in [0, 0.1) is 11.6 Å². The van der Waals surface area contributed by atoms with Gasteiger partial charge < -0.3 is 5.32 Å². The zero-order valence-corrected chi connectivity index (χ0v) is 15.2. The number of rotatable bonds is 4. The minimum absolute atomic E-state index is 0.427. The number of carbonyl (C=O) groups excluding carboxylic acids is 1. The Kier molecular flexibility index (Phi) is 4.90. The first-order valence-electron chi connectivity index (χ1n) is 8.33. The number of nitrogens with zero attached hydrogens (tertiary/aromatic N) is 2. The lowest BCUT2D eigenvalue weighted by Crippen LogP contribution is -2.15. The number of aromatic nitrogens is 2. The summed E-state index contributed by atoms with van der Waals surface area (Å²) in [6, 6.07) is 12.2. The van der Waals surface area contributed by atoms with Gasteiger partial charge in [-0.2, -0.15) is 0 Å². The van der Waals surface area contributed by atoms with E-state index >= 15 is 0 Å². The van der Waals surface area contributed by atoms with Gasteiger partial charge >= 0.3 is 0 Å². The lowest BCUT2D eigenvalue weighted by molar-refractivity contribution is 0.101. The molecule has 1 N–H and O–H groups in total. The smallest absolute Gasteiger partial charge is 0.261 e. The van der Waals surface area contributed by atoms with Crippen LogP contribution >= 0.6 is 11.3 Å². The second-order valence-corrected chi connectivity index (χ2v) is 6.78. The number of pyridine rings is 1. The third-order valence-corrected chi connectivity index (χ3v) is 4.93. The van der Waals surface area contributed by atoms with Gasteiger partial charge in [0, 0.05) is 40.8 Å². The maximum absolute atomic E-state index is 13.8. The highest BCUT2D eigenvalue weighted by atomic mass is 32.1. The Balaban J connectivity index is 1.60. The Morgan fingerprint density at radius 3 is 2.36 bits per heavy atom. The van der Waals surface area contributed by atoms with Crippen molar-refractivity contribution >= 4 is 22.9 Å². The summed E-state index contributed by atoms with van der Waals surface area (Å²) in [5, 5.41) is 5.30. The molecule has 0 aliphatic carbocycles. The molecule has 1 amide bonds. The van der Waals surface area contributed by atoms with Gasteiger partial charge in [0.05, 0.1) is 0 Å². The highest BCUT2D eigenvalue weighted by Crippen LogP contribution is 2.32. The van der Waals surface area contributed by atoms with E-state index in [2.05, 4.69) is 15.3 Å². The SMILES string of the molecule is O=C(Nc1ccc(-c2cnccc2-c2nccs2)cc1)c1c(F)cccc1F. The third-order valence-electron chi connectivity index (χ3n) is 4.13. The molecule has 0 spiro atoms. The summed E-state index contributed by atoms with van der Waals surface area (Å²) in [6.45, 7) is 0. The fourth-order valence-electron chi connectivity index (χ4n) is 2.81. The summed E-state index contributed by atoms with van der Waals surface area (Å²) < 4.78 is 27.5. The van der Waals surface area contributed by atoms with Gasteiger partial charge in [-0.25, -0.2) is 13.8 Å². The van der Waals surface area contributed by atoms with Crippen molar-refractivity contribution in [3.63, 3.8) is 0 Å². The molecule has 2 aromatic carbocycles. The van der Waals surface area contributed by atoms with Crippen LogP contribution < -0.4 is 5.32 Å². The molecule has 0 aliphatic heterocycles. The van der Waals surface area contributed by atoms with Crippen LogP contribution in [-0.2, 0) is 0 Å². The molecule has 28 heavy (non-hydrogen) atoms. The largest absolute Gasteiger partial charge is 0.322 e. The van der Waals surface area contributed by atoms with Crippen molar-refractivity contribution in [2.24, 2.45) is 0 Å². The number of hydrogen-bond acceptors (Lipinski definition) is 4. The molecule has 0 atom stereocenters. The minimum Gasteiger partial charge on any atom is -0.322 e. The highest BCUT2D eigenvalue weighted by molar-refractivity contribution is 7.13. The van der Waals surface area contributed by atoms with Gasteiger partial charge in [0.25, 0.3) is 5.91 Å². The predicted octanol–water partition coefficient (Wildman–Crippen LogP) is 5.40. The van der Waals surface area contributed by atoms with Crippen molar-refractivity contribution in [2.75, 3.05) is 5.32 Å². The molecule has 0 aliphatic rings. The molecular weight excluding hydrogens is 380 g/mol. The molecule has 0 unspecified atom stereocenters. The van der Waals surface area contributed by atoms with E-state index < -0.39 is 23.1 Å². The zero-order chi connectivity index (χ0) is 19.5. The van der Waals surface area contributed by atoms with Crippen molar-refractivity contribution in [2.45, 2.75) is 0 Å². The number of amides is 1. The second kappa shape index (κ2) is 7.66. The summed E-state index contributed by atoms with van der Waals surface area (Å²) in [7, 11) is 0. The summed E-state index contributed by atoms with van der Waals surface area (Å²) in [5.41, 5.74) is 2.56. The Labute approximate surface area is 163 Å². The first-order valence-corrected chi connectivity index (χ1v) is 9.21. The van der Waals surface area contributed by atoms with Gasteiger partial charge in [-0.15, -0.1) is 11.3 Å². The number of thiazole rings is 1. The van der Waals surface area contributed by atoms with Gasteiger partial charge in [0.2, 0.25) is 0 Å². The molecule has 7 heteroatoms. The molecule has 0 saturated carbocycles. The summed E-state index contributed by atoms with van der Waals surface area (Å²) in [6.07, 6.45) is 5.20. The minimum atomic E-state index is -0.905. The molecule has 0 saturated heterocycles. The van der Waals surface area contributed by atoms with Crippen LogP contribution in [0.15, 0.2) is 72.5 Å². The molecule has 4 rings (SSSR count). The van der Waals surface area contributed by atoms with Crippen molar-refractivity contribution in [3.05, 3.63) is 89.7 Å². The summed E-state index contributed by atoms with van der Waals surface area (Å²) in [4.78, 5) is 20.7. The van der Waals surface area contributed by atoms with Crippen LogP contribution in [0.25, 0.3) is 21.7 Å². The quantitative estimate of drug-likeness (QED) is 0.505. The fraction of sp³-hybridized carbons (Fsp3) is 0. The number of anilines is 1. The van der Waals surface area contributed by atoms with E-state index in [4.69, 9.17) is 0 Å². The maximum Gasteiger partial charge on any atom is 0.261 e. The zero-order valence-electron chi connectivity index (χ0n) is 14.4. The third kappa shape index (κ3) is 3.52. The van der Waals surface area contributed by atoms with Crippen molar-refractivity contribution in [1.29, 1.82) is 0 Å². The van der Waals surface area contributed by atoms with E-state index in [0.717, 1.165) is 33.8 Å². The van der Waals surface area contributed by atoms with Gasteiger partial charge in [0.15, 0.2) is 0 Å². The number of benzene rings is 2. The number of hydrogen-bond donors (Lipinski definition) is 1. The van der Waals surface area contributed by atoms with E-state index in [0.29, 0.717) is 5.69 Å². The number of halogens is 2. The average molecular weight is 393 g/mol. The molecule has 0 bridgehead atoms. The Morgan fingerprint density at radius 1 is 0.929 bits per heavy atom. The van der Waals surface area contributed by atoms with E-state index in [-0.39, 0.29) is 0 Å². The number of nitrogens with one attached hydrogen (secondary N) is 1. The molecule has 2 aromatic heterocycles. The lowest BCUT2D eigenvalue weighted by atomic mass is 10.0. The lowest BCUT2D eigenvalue weighted by Gasteiger charge is -2.10. The Bertz CT molecular complexity index is 1110. The van der Waals surface area contributed by atoms with Crippen LogP contribution in [0.3, 0.4) is 0 Å². The first kappa shape index (κ1) is 17.9. The van der Waals surface area contributed by atoms with Crippen molar-refractivity contribution in [1.82, 2.24) is 9.97 Å². The predicted molar refractivity (Wildman–Crippen MR) is 105 cm³/mol. The molecule has 4 nitrogen and oxygen atoms in total. The van der Waals surface area contributed by atoms with Crippen LogP contribution in [0.4, 0.5) is 14.5 Å². The van der Waals surface area contributed by atoms with Gasteiger partial charge in [-0.05, 0) is 35.9 Å². The van der Waals surface area contributed by atoms with E-state index in [1.165, 1.54) is 17.4 Å². The monoisotopic (exact) mass is 393 g/mol. The van der Waals surface area contributed by atoms with Crippen LogP contribution in [0.2, 0.25) is 0 Å². The van der Waals surface area contributed by atoms with Gasteiger partial charge in [-0.1, -0.05) is 18.2 Å². The Morgan fingerprint density at radius 2 is 1.68 bits per heavy atom. The van der Waals surface area contributed by atoms with Crippen LogP contribution in [0.5, 0.6) is 0 Å².